The molecule has 1 unspecified atom stereocenters. The number of nitro benzene ring substituents is 1. The average Bonchev–Trinajstić information content (AvgIpc) is 2.59. The van der Waals surface area contributed by atoms with E-state index in [4.69, 9.17) is 9.52 Å². The zero-order valence-corrected chi connectivity index (χ0v) is 14.0. The third kappa shape index (κ3) is 5.43. The fourth-order valence-electron chi connectivity index (χ4n) is 2.18. The van der Waals surface area contributed by atoms with E-state index in [0.717, 1.165) is 12.0 Å². The maximum absolute atomic E-state index is 12.4. The molecule has 2 aromatic carbocycles. The summed E-state index contributed by atoms with van der Waals surface area (Å²) in [7, 11) is -2.92. The summed E-state index contributed by atoms with van der Waals surface area (Å²) in [4.78, 5) is 10.4. The smallest absolute Gasteiger partial charge is 0.269 e. The number of hydrogen-bond acceptors (Lipinski definition) is 5. The van der Waals surface area contributed by atoms with Gasteiger partial charge in [-0.2, -0.15) is 0 Å². The van der Waals surface area contributed by atoms with Crippen LogP contribution in [0.5, 0.6) is 0 Å². The van der Waals surface area contributed by atoms with E-state index in [9.17, 15) is 14.3 Å². The third-order valence-corrected chi connectivity index (χ3v) is 5.41. The van der Waals surface area contributed by atoms with Gasteiger partial charge in [-0.3, -0.25) is 10.1 Å². The van der Waals surface area contributed by atoms with Crippen molar-refractivity contribution in [3.05, 3.63) is 70.3 Å². The normalized spacial score (nSPS) is 13.3. The van der Waals surface area contributed by atoms with E-state index >= 15 is 0 Å². The van der Waals surface area contributed by atoms with Gasteiger partial charge in [0.05, 0.1) is 21.3 Å². The molecule has 0 amide bonds. The van der Waals surface area contributed by atoms with Gasteiger partial charge in [-0.15, -0.1) is 0 Å². The van der Waals surface area contributed by atoms with E-state index in [2.05, 4.69) is 0 Å². The molecule has 24 heavy (non-hydrogen) atoms. The topological polar surface area (TPSA) is 93.3 Å². The van der Waals surface area contributed by atoms with Gasteiger partial charge in [0.25, 0.3) is 5.69 Å². The number of nitrogens with zero attached hydrogens (tertiary/aromatic N) is 1. The van der Waals surface area contributed by atoms with Crippen LogP contribution in [-0.4, -0.2) is 21.5 Å². The number of hydrogen-bond donors (Lipinski definition) is 1. The van der Waals surface area contributed by atoms with Crippen molar-refractivity contribution in [3.8, 4) is 0 Å². The summed E-state index contributed by atoms with van der Waals surface area (Å²) in [5, 5.41) is 10.6. The molecule has 0 spiro atoms. The summed E-state index contributed by atoms with van der Waals surface area (Å²) in [6.07, 6.45) is 1.32. The molecule has 1 N–H and O–H groups in total. The summed E-state index contributed by atoms with van der Waals surface area (Å²) in [5.41, 5.74) is 1.04. The van der Waals surface area contributed by atoms with Crippen LogP contribution in [0.2, 0.25) is 0 Å². The number of ether oxygens (including phenoxy) is 1. The Morgan fingerprint density at radius 2 is 1.71 bits per heavy atom. The molecule has 0 aliphatic rings. The standard InChI is InChI=1S/C17H20N2O4S/c18-24(22,17-10-8-16(9-11-17)19(20)21)13-5-4-12-23-14-15-6-2-1-3-7-15/h1-3,6-11,18H,4-5,12-14H2. The summed E-state index contributed by atoms with van der Waals surface area (Å²) in [5.74, 6) is 0.222. The minimum Gasteiger partial charge on any atom is -0.377 e. The van der Waals surface area contributed by atoms with Crippen LogP contribution < -0.4 is 0 Å². The number of rotatable bonds is 9. The van der Waals surface area contributed by atoms with Gasteiger partial charge in [0.15, 0.2) is 0 Å². The van der Waals surface area contributed by atoms with E-state index in [-0.39, 0.29) is 11.4 Å². The monoisotopic (exact) mass is 348 g/mol. The SMILES string of the molecule is N=S(=O)(CCCCOCc1ccccc1)c1ccc([N+](=O)[O-])cc1. The minimum atomic E-state index is -2.92. The van der Waals surface area contributed by atoms with Crippen molar-refractivity contribution in [1.29, 1.82) is 4.78 Å². The molecule has 0 aliphatic carbocycles. The highest BCUT2D eigenvalue weighted by atomic mass is 32.2. The van der Waals surface area contributed by atoms with E-state index < -0.39 is 14.7 Å². The molecule has 0 saturated carbocycles. The van der Waals surface area contributed by atoms with Gasteiger partial charge in [-0.05, 0) is 30.5 Å². The van der Waals surface area contributed by atoms with Crippen LogP contribution in [0.1, 0.15) is 18.4 Å². The van der Waals surface area contributed by atoms with Crippen molar-refractivity contribution in [2.24, 2.45) is 0 Å². The first kappa shape index (κ1) is 18.1. The second-order valence-corrected chi connectivity index (χ2v) is 7.61. The molecule has 2 aromatic rings. The molecule has 1 atom stereocenters. The van der Waals surface area contributed by atoms with Crippen LogP contribution in [0.4, 0.5) is 5.69 Å². The molecule has 128 valence electrons. The maximum Gasteiger partial charge on any atom is 0.269 e. The summed E-state index contributed by atoms with van der Waals surface area (Å²) < 4.78 is 25.9. The molecular weight excluding hydrogens is 328 g/mol. The van der Waals surface area contributed by atoms with E-state index in [1.54, 1.807) is 0 Å². The molecule has 0 aliphatic heterocycles. The van der Waals surface area contributed by atoms with Crippen LogP contribution in [0.25, 0.3) is 0 Å². The predicted molar refractivity (Wildman–Crippen MR) is 92.4 cm³/mol. The van der Waals surface area contributed by atoms with Gasteiger partial charge >= 0.3 is 0 Å². The zero-order valence-electron chi connectivity index (χ0n) is 13.2. The molecule has 0 bridgehead atoms. The number of unbranched alkanes of at least 4 members (excludes halogenated alkanes) is 1. The first-order valence-electron chi connectivity index (χ1n) is 7.62. The zero-order chi connectivity index (χ0) is 17.4. The van der Waals surface area contributed by atoms with Gasteiger partial charge < -0.3 is 4.74 Å². The second kappa shape index (κ2) is 8.56. The first-order chi connectivity index (χ1) is 11.5. The van der Waals surface area contributed by atoms with Crippen LogP contribution in [0.3, 0.4) is 0 Å². The number of nitrogens with one attached hydrogen (secondary N) is 1. The Kier molecular flexibility index (Phi) is 6.45. The number of benzene rings is 2. The highest BCUT2D eigenvalue weighted by Crippen LogP contribution is 2.18. The largest absolute Gasteiger partial charge is 0.377 e. The maximum atomic E-state index is 12.4. The Balaban J connectivity index is 1.73. The second-order valence-electron chi connectivity index (χ2n) is 5.38. The highest BCUT2D eigenvalue weighted by molar-refractivity contribution is 7.92. The van der Waals surface area contributed by atoms with Crippen LogP contribution in [0, 0.1) is 14.9 Å². The lowest BCUT2D eigenvalue weighted by molar-refractivity contribution is -0.384. The van der Waals surface area contributed by atoms with Gasteiger partial charge in [0.1, 0.15) is 0 Å². The van der Waals surface area contributed by atoms with Crippen molar-refractivity contribution in [2.75, 3.05) is 12.4 Å². The fourth-order valence-corrected chi connectivity index (χ4v) is 3.60. The van der Waals surface area contributed by atoms with E-state index in [1.165, 1.54) is 24.3 Å². The summed E-state index contributed by atoms with van der Waals surface area (Å²) in [6, 6.07) is 15.2. The molecule has 0 fully saturated rings. The lowest BCUT2D eigenvalue weighted by Crippen LogP contribution is -2.06. The molecule has 6 nitrogen and oxygen atoms in total. The Hall–Kier alpha value is -2.25. The van der Waals surface area contributed by atoms with Crippen molar-refractivity contribution in [3.63, 3.8) is 0 Å². The van der Waals surface area contributed by atoms with Crippen molar-refractivity contribution in [2.45, 2.75) is 24.3 Å². The number of non-ortho nitro benzene ring substituents is 1. The Morgan fingerprint density at radius 3 is 2.33 bits per heavy atom. The molecule has 0 aromatic heterocycles. The molecular formula is C17H20N2O4S. The first-order valence-corrected chi connectivity index (χ1v) is 9.34. The van der Waals surface area contributed by atoms with Crippen molar-refractivity contribution >= 4 is 15.4 Å². The Bertz CT molecular complexity index is 759. The fraction of sp³-hybridized carbons (Fsp3) is 0.294. The van der Waals surface area contributed by atoms with E-state index in [1.807, 2.05) is 30.3 Å². The highest BCUT2D eigenvalue weighted by Gasteiger charge is 2.12. The van der Waals surface area contributed by atoms with Crippen LogP contribution >= 0.6 is 0 Å². The molecule has 7 heteroatoms. The minimum absolute atomic E-state index is 0.0664. The number of nitro groups is 1. The van der Waals surface area contributed by atoms with Crippen LogP contribution in [0.15, 0.2) is 59.5 Å². The predicted octanol–water partition coefficient (Wildman–Crippen LogP) is 4.00. The molecule has 0 saturated heterocycles. The van der Waals surface area contributed by atoms with Crippen LogP contribution in [-0.2, 0) is 21.1 Å². The van der Waals surface area contributed by atoms with Crippen molar-refractivity contribution < 1.29 is 13.9 Å². The lowest BCUT2D eigenvalue weighted by atomic mass is 10.2. The lowest BCUT2D eigenvalue weighted by Gasteiger charge is -2.08. The van der Waals surface area contributed by atoms with E-state index in [0.29, 0.717) is 24.5 Å². The quantitative estimate of drug-likeness (QED) is 0.421. The van der Waals surface area contributed by atoms with Gasteiger partial charge in [0.2, 0.25) is 0 Å². The average molecular weight is 348 g/mol. The van der Waals surface area contributed by atoms with Crippen molar-refractivity contribution in [1.82, 2.24) is 0 Å². The Labute approximate surface area is 141 Å². The molecule has 0 heterocycles. The third-order valence-electron chi connectivity index (χ3n) is 3.51. The van der Waals surface area contributed by atoms with Gasteiger partial charge in [0, 0.05) is 29.4 Å². The van der Waals surface area contributed by atoms with Gasteiger partial charge in [-0.25, -0.2) is 8.99 Å². The summed E-state index contributed by atoms with van der Waals surface area (Å²) >= 11 is 0. The molecule has 2 rings (SSSR count). The summed E-state index contributed by atoms with van der Waals surface area (Å²) in [6.45, 7) is 1.09. The molecule has 0 radical (unpaired) electrons. The van der Waals surface area contributed by atoms with Gasteiger partial charge in [-0.1, -0.05) is 30.3 Å². The Morgan fingerprint density at radius 1 is 1.04 bits per heavy atom.